The van der Waals surface area contributed by atoms with Gasteiger partial charge >= 0.3 is 0 Å². The molecule has 0 spiro atoms. The fourth-order valence-corrected chi connectivity index (χ4v) is 2.13. The quantitative estimate of drug-likeness (QED) is 0.560. The van der Waals surface area contributed by atoms with Gasteiger partial charge in [0.05, 0.1) is 0 Å². The first-order chi connectivity index (χ1) is 8.05. The molecule has 0 atom stereocenters. The summed E-state index contributed by atoms with van der Waals surface area (Å²) in [5.41, 5.74) is 6.05. The average molecular weight is 242 g/mol. The molecule has 17 heavy (non-hydrogen) atoms. The minimum Gasteiger partial charge on any atom is -0.330 e. The molecule has 0 aromatic rings. The van der Waals surface area contributed by atoms with Crippen molar-refractivity contribution in [2.75, 3.05) is 26.2 Å². The minimum absolute atomic E-state index is 0.262. The maximum absolute atomic E-state index is 5.79. The van der Waals surface area contributed by atoms with Gasteiger partial charge in [-0.25, -0.2) is 0 Å². The number of rotatable bonds is 11. The zero-order valence-corrected chi connectivity index (χ0v) is 12.6. The minimum atomic E-state index is 0.262. The topological polar surface area (TPSA) is 29.3 Å². The van der Waals surface area contributed by atoms with Crippen molar-refractivity contribution >= 4 is 0 Å². The van der Waals surface area contributed by atoms with Crippen LogP contribution in [0.3, 0.4) is 0 Å². The molecule has 0 aliphatic rings. The van der Waals surface area contributed by atoms with E-state index >= 15 is 0 Å². The van der Waals surface area contributed by atoms with Crippen LogP contribution in [0.15, 0.2) is 0 Å². The largest absolute Gasteiger partial charge is 0.330 e. The smallest absolute Gasteiger partial charge is 0.00446 e. The molecule has 0 unspecified atom stereocenters. The molecule has 0 saturated heterocycles. The molecule has 2 heteroatoms. The second-order valence-corrected chi connectivity index (χ2v) is 6.00. The van der Waals surface area contributed by atoms with E-state index in [1.54, 1.807) is 0 Å². The Morgan fingerprint density at radius 1 is 0.941 bits per heavy atom. The summed E-state index contributed by atoms with van der Waals surface area (Å²) in [5, 5.41) is 0. The van der Waals surface area contributed by atoms with E-state index in [-0.39, 0.29) is 5.41 Å². The Balaban J connectivity index is 3.61. The van der Waals surface area contributed by atoms with E-state index in [9.17, 15) is 0 Å². The molecule has 0 aliphatic carbocycles. The van der Waals surface area contributed by atoms with Gasteiger partial charge in [0.15, 0.2) is 0 Å². The van der Waals surface area contributed by atoms with Crippen LogP contribution in [-0.2, 0) is 0 Å². The van der Waals surface area contributed by atoms with Gasteiger partial charge in [0.1, 0.15) is 0 Å². The summed E-state index contributed by atoms with van der Waals surface area (Å²) in [7, 11) is 0. The zero-order valence-electron chi connectivity index (χ0n) is 12.6. The summed E-state index contributed by atoms with van der Waals surface area (Å²) in [6.45, 7) is 13.4. The predicted octanol–water partition coefficient (Wildman–Crippen LogP) is 3.65. The highest BCUT2D eigenvalue weighted by Gasteiger charge is 2.18. The lowest BCUT2D eigenvalue weighted by atomic mass is 9.93. The van der Waals surface area contributed by atoms with Crippen molar-refractivity contribution in [3.05, 3.63) is 0 Å². The Kier molecular flexibility index (Phi) is 9.85. The third kappa shape index (κ3) is 9.61. The van der Waals surface area contributed by atoms with Crippen LogP contribution in [0, 0.1) is 5.41 Å². The van der Waals surface area contributed by atoms with Gasteiger partial charge in [-0.2, -0.15) is 0 Å². The van der Waals surface area contributed by atoms with E-state index in [4.69, 9.17) is 5.73 Å². The Morgan fingerprint density at radius 2 is 1.53 bits per heavy atom. The van der Waals surface area contributed by atoms with Crippen molar-refractivity contribution in [1.82, 2.24) is 4.90 Å². The van der Waals surface area contributed by atoms with Crippen LogP contribution >= 0.6 is 0 Å². The summed E-state index contributed by atoms with van der Waals surface area (Å²) in [5.74, 6) is 0. The van der Waals surface area contributed by atoms with Crippen molar-refractivity contribution in [2.24, 2.45) is 11.1 Å². The summed E-state index contributed by atoms with van der Waals surface area (Å²) >= 11 is 0. The highest BCUT2D eigenvalue weighted by molar-refractivity contribution is 4.74. The zero-order chi connectivity index (χ0) is 13.1. The molecule has 0 aromatic carbocycles. The van der Waals surface area contributed by atoms with Gasteiger partial charge in [0, 0.05) is 6.54 Å². The van der Waals surface area contributed by atoms with Crippen LogP contribution in [0.2, 0.25) is 0 Å². The molecule has 0 radical (unpaired) electrons. The van der Waals surface area contributed by atoms with Crippen molar-refractivity contribution in [3.8, 4) is 0 Å². The van der Waals surface area contributed by atoms with E-state index in [1.165, 1.54) is 45.1 Å². The van der Waals surface area contributed by atoms with Gasteiger partial charge in [-0.05, 0) is 31.5 Å². The van der Waals surface area contributed by atoms with E-state index in [0.29, 0.717) is 0 Å². The van der Waals surface area contributed by atoms with Gasteiger partial charge in [-0.15, -0.1) is 0 Å². The maximum atomic E-state index is 5.79. The van der Waals surface area contributed by atoms with Gasteiger partial charge in [0.25, 0.3) is 0 Å². The third-order valence-electron chi connectivity index (χ3n) is 3.48. The van der Waals surface area contributed by atoms with E-state index < -0.39 is 0 Å². The Morgan fingerprint density at radius 3 is 2.06 bits per heavy atom. The van der Waals surface area contributed by atoms with E-state index in [2.05, 4.69) is 32.6 Å². The number of hydrogen-bond acceptors (Lipinski definition) is 2. The van der Waals surface area contributed by atoms with Crippen molar-refractivity contribution in [1.29, 1.82) is 0 Å². The molecule has 0 heterocycles. The standard InChI is InChI=1S/C15H34N2/c1-5-7-8-9-10-11-12-17(6-2)14-15(3,4)13-16/h5-14,16H2,1-4H3. The lowest BCUT2D eigenvalue weighted by Crippen LogP contribution is -2.39. The van der Waals surface area contributed by atoms with Crippen molar-refractivity contribution < 1.29 is 0 Å². The summed E-state index contributed by atoms with van der Waals surface area (Å²) in [6.07, 6.45) is 8.30. The highest BCUT2D eigenvalue weighted by Crippen LogP contribution is 2.15. The first-order valence-corrected chi connectivity index (χ1v) is 7.48. The molecule has 0 aromatic heterocycles. The summed E-state index contributed by atoms with van der Waals surface area (Å²) < 4.78 is 0. The number of hydrogen-bond donors (Lipinski definition) is 1. The van der Waals surface area contributed by atoms with Gasteiger partial charge in [-0.3, -0.25) is 0 Å². The first kappa shape index (κ1) is 16.9. The molecular formula is C15H34N2. The fraction of sp³-hybridized carbons (Fsp3) is 1.00. The monoisotopic (exact) mass is 242 g/mol. The predicted molar refractivity (Wildman–Crippen MR) is 78.3 cm³/mol. The molecule has 0 saturated carbocycles. The fourth-order valence-electron chi connectivity index (χ4n) is 2.13. The van der Waals surface area contributed by atoms with Crippen LogP contribution in [-0.4, -0.2) is 31.1 Å². The lowest BCUT2D eigenvalue weighted by molar-refractivity contribution is 0.187. The van der Waals surface area contributed by atoms with Gasteiger partial charge in [-0.1, -0.05) is 59.8 Å². The number of unbranched alkanes of at least 4 members (excludes halogenated alkanes) is 5. The van der Waals surface area contributed by atoms with E-state index in [0.717, 1.165) is 19.6 Å². The molecule has 0 fully saturated rings. The Hall–Kier alpha value is -0.0800. The lowest BCUT2D eigenvalue weighted by Gasteiger charge is -2.31. The van der Waals surface area contributed by atoms with Crippen molar-refractivity contribution in [3.63, 3.8) is 0 Å². The van der Waals surface area contributed by atoms with Gasteiger partial charge < -0.3 is 10.6 Å². The van der Waals surface area contributed by atoms with Gasteiger partial charge in [0.2, 0.25) is 0 Å². The number of nitrogens with two attached hydrogens (primary N) is 1. The molecule has 0 bridgehead atoms. The maximum Gasteiger partial charge on any atom is 0.00446 e. The molecule has 0 rings (SSSR count). The first-order valence-electron chi connectivity index (χ1n) is 7.48. The molecule has 0 amide bonds. The second kappa shape index (κ2) is 9.90. The summed E-state index contributed by atoms with van der Waals surface area (Å²) in [6, 6.07) is 0. The third-order valence-corrected chi connectivity index (χ3v) is 3.48. The van der Waals surface area contributed by atoms with Crippen LogP contribution in [0.25, 0.3) is 0 Å². The highest BCUT2D eigenvalue weighted by atomic mass is 15.1. The number of nitrogens with zero attached hydrogens (tertiary/aromatic N) is 1. The molecule has 104 valence electrons. The van der Waals surface area contributed by atoms with Crippen LogP contribution in [0.1, 0.15) is 66.2 Å². The second-order valence-electron chi connectivity index (χ2n) is 6.00. The van der Waals surface area contributed by atoms with E-state index in [1.807, 2.05) is 0 Å². The molecule has 0 aliphatic heterocycles. The SMILES string of the molecule is CCCCCCCCN(CC)CC(C)(C)CN. The molecule has 2 nitrogen and oxygen atoms in total. The Bertz CT molecular complexity index is 166. The molecular weight excluding hydrogens is 208 g/mol. The van der Waals surface area contributed by atoms with Crippen molar-refractivity contribution in [2.45, 2.75) is 66.2 Å². The van der Waals surface area contributed by atoms with Crippen LogP contribution < -0.4 is 5.73 Å². The molecule has 2 N–H and O–H groups in total. The average Bonchev–Trinajstić information content (AvgIpc) is 2.32. The van der Waals surface area contributed by atoms with Crippen LogP contribution in [0.5, 0.6) is 0 Å². The Labute approximate surface area is 109 Å². The van der Waals surface area contributed by atoms with Crippen LogP contribution in [0.4, 0.5) is 0 Å². The summed E-state index contributed by atoms with van der Waals surface area (Å²) in [4.78, 5) is 2.55. The normalized spacial score (nSPS) is 12.4.